The minimum atomic E-state index is -1.43. The van der Waals surface area contributed by atoms with E-state index in [1.807, 2.05) is 0 Å². The average Bonchev–Trinajstić information content (AvgIpc) is 2.47. The second-order valence-electron chi connectivity index (χ2n) is 10.3. The summed E-state index contributed by atoms with van der Waals surface area (Å²) in [6, 6.07) is 3.61. The Morgan fingerprint density at radius 2 is 1.67 bits per heavy atom. The number of piperidine rings is 1. The molecule has 2 bridgehead atoms. The molecule has 4 saturated heterocycles. The highest BCUT2D eigenvalue weighted by Crippen LogP contribution is 2.45. The van der Waals surface area contributed by atoms with Gasteiger partial charge in [-0.05, 0) is 45.3 Å². The van der Waals surface area contributed by atoms with E-state index in [1.54, 1.807) is 0 Å². The van der Waals surface area contributed by atoms with Crippen LogP contribution in [0.2, 0.25) is 44.8 Å². The minimum Gasteiger partial charge on any atom is -0.415 e. The zero-order valence-electron chi connectivity index (χ0n) is 17.6. The number of rotatable bonds is 2. The Kier molecular flexibility index (Phi) is 6.31. The van der Waals surface area contributed by atoms with E-state index >= 15 is 0 Å². The summed E-state index contributed by atoms with van der Waals surface area (Å²) < 4.78 is 6.69. The Morgan fingerprint density at radius 1 is 1.08 bits per heavy atom. The molecule has 4 fully saturated rings. The SMILES string of the molecule is C1CN2CCC1NC2.CCC[Si]1(C)OC(C)(C)C[Si](C)(C)[Si]1(C)C. The molecule has 4 rings (SSSR count). The lowest BCUT2D eigenvalue weighted by molar-refractivity contribution is 0.117. The highest BCUT2D eigenvalue weighted by atomic mass is 29.6. The Morgan fingerprint density at radius 3 is 2.00 bits per heavy atom. The third-order valence-corrected chi connectivity index (χ3v) is 48.0. The summed E-state index contributed by atoms with van der Waals surface area (Å²) in [7, 11) is -3.61. The van der Waals surface area contributed by atoms with E-state index in [4.69, 9.17) is 4.43 Å². The Balaban J connectivity index is 0.000000214. The van der Waals surface area contributed by atoms with Gasteiger partial charge in [0, 0.05) is 39.0 Å². The third kappa shape index (κ3) is 4.26. The van der Waals surface area contributed by atoms with Gasteiger partial charge in [0.15, 0.2) is 7.83 Å². The molecule has 1 atom stereocenters. The lowest BCUT2D eigenvalue weighted by Gasteiger charge is -2.59. The number of nitrogens with zero attached hydrogens (tertiary/aromatic N) is 1. The summed E-state index contributed by atoms with van der Waals surface area (Å²) in [5.41, 5.74) is 0.161. The molecule has 4 aliphatic rings. The van der Waals surface area contributed by atoms with E-state index in [9.17, 15) is 0 Å². The first-order chi connectivity index (χ1) is 10.9. The molecule has 0 aromatic rings. The maximum Gasteiger partial charge on any atom is 0.174 e. The zero-order chi connectivity index (χ0) is 18.2. The summed E-state index contributed by atoms with van der Waals surface area (Å²) >= 11 is 0. The van der Waals surface area contributed by atoms with E-state index in [-0.39, 0.29) is 5.60 Å². The van der Waals surface area contributed by atoms with Crippen molar-refractivity contribution in [1.82, 2.24) is 10.2 Å². The molecule has 4 aliphatic heterocycles. The quantitative estimate of drug-likeness (QED) is 0.713. The first-order valence-electron chi connectivity index (χ1n) is 10.1. The van der Waals surface area contributed by atoms with Crippen LogP contribution in [-0.4, -0.2) is 58.8 Å². The van der Waals surface area contributed by atoms with Gasteiger partial charge in [-0.15, -0.1) is 0 Å². The largest absolute Gasteiger partial charge is 0.415 e. The molecule has 0 spiro atoms. The average molecular weight is 387 g/mol. The summed E-state index contributed by atoms with van der Waals surface area (Å²) in [5, 5.41) is 3.44. The van der Waals surface area contributed by atoms with Crippen molar-refractivity contribution in [2.45, 2.75) is 96.5 Å². The fraction of sp³-hybridized carbons (Fsp3) is 1.00. The van der Waals surface area contributed by atoms with Crippen molar-refractivity contribution in [2.75, 3.05) is 19.8 Å². The molecule has 3 nitrogen and oxygen atoms in total. The van der Waals surface area contributed by atoms with Crippen LogP contribution in [0, 0.1) is 0 Å². The van der Waals surface area contributed by atoms with E-state index in [0.29, 0.717) is 0 Å². The monoisotopic (exact) mass is 386 g/mol. The van der Waals surface area contributed by atoms with Gasteiger partial charge in [-0.25, -0.2) is 0 Å². The molecule has 24 heavy (non-hydrogen) atoms. The smallest absolute Gasteiger partial charge is 0.174 e. The maximum atomic E-state index is 6.69. The van der Waals surface area contributed by atoms with Crippen LogP contribution in [0.1, 0.15) is 40.0 Å². The van der Waals surface area contributed by atoms with Gasteiger partial charge in [0.2, 0.25) is 0 Å². The molecule has 142 valence electrons. The van der Waals surface area contributed by atoms with Gasteiger partial charge >= 0.3 is 0 Å². The lowest BCUT2D eigenvalue weighted by Crippen LogP contribution is -2.78. The molecule has 4 heterocycles. The van der Waals surface area contributed by atoms with Gasteiger partial charge in [0.25, 0.3) is 0 Å². The summed E-state index contributed by atoms with van der Waals surface area (Å²) in [6.45, 7) is 23.8. The lowest BCUT2D eigenvalue weighted by atomic mass is 10.0. The molecule has 0 aromatic heterocycles. The zero-order valence-corrected chi connectivity index (χ0v) is 20.6. The van der Waals surface area contributed by atoms with Crippen LogP contribution >= 0.6 is 0 Å². The fourth-order valence-corrected chi connectivity index (χ4v) is 39.0. The molecular weight excluding hydrogens is 344 g/mol. The van der Waals surface area contributed by atoms with Crippen molar-refractivity contribution >= 4 is 22.5 Å². The number of hydrogen-bond acceptors (Lipinski definition) is 3. The van der Waals surface area contributed by atoms with Gasteiger partial charge in [-0.3, -0.25) is 4.90 Å². The first-order valence-corrected chi connectivity index (χ1v) is 20.9. The van der Waals surface area contributed by atoms with Gasteiger partial charge in [-0.1, -0.05) is 39.5 Å². The molecule has 1 N–H and O–H groups in total. The Labute approximate surface area is 153 Å². The second kappa shape index (κ2) is 7.27. The Bertz CT molecular complexity index is 411. The second-order valence-corrected chi connectivity index (χ2v) is 37.1. The Hall–Kier alpha value is 0.531. The van der Waals surface area contributed by atoms with Crippen LogP contribution < -0.4 is 5.32 Å². The molecule has 0 saturated carbocycles. The highest BCUT2D eigenvalue weighted by Gasteiger charge is 2.61. The van der Waals surface area contributed by atoms with Crippen LogP contribution in [0.4, 0.5) is 0 Å². The van der Waals surface area contributed by atoms with Gasteiger partial charge in [0.1, 0.15) is 0 Å². The summed E-state index contributed by atoms with van der Waals surface area (Å²) in [6.07, 6.45) is 4.06. The molecule has 1 unspecified atom stereocenters. The predicted molar refractivity (Wildman–Crippen MR) is 114 cm³/mol. The van der Waals surface area contributed by atoms with E-state index in [2.05, 4.69) is 63.7 Å². The number of fused-ring (bicyclic) bond motifs is 3. The highest BCUT2D eigenvalue weighted by molar-refractivity contribution is 7.67. The van der Waals surface area contributed by atoms with E-state index in [0.717, 1.165) is 12.7 Å². The van der Waals surface area contributed by atoms with Gasteiger partial charge in [-0.2, -0.15) is 0 Å². The number of hydrogen-bond donors (Lipinski definition) is 1. The van der Waals surface area contributed by atoms with Gasteiger partial charge in [0.05, 0.1) is 7.11 Å². The number of nitrogens with one attached hydrogen (secondary N) is 1. The van der Waals surface area contributed by atoms with Crippen LogP contribution in [0.15, 0.2) is 0 Å². The van der Waals surface area contributed by atoms with Crippen molar-refractivity contribution in [1.29, 1.82) is 0 Å². The maximum absolute atomic E-state index is 6.69. The molecular formula is C18H42N2OSi3. The van der Waals surface area contributed by atoms with Gasteiger partial charge < -0.3 is 9.74 Å². The molecule has 0 aliphatic carbocycles. The molecule has 6 heteroatoms. The van der Waals surface area contributed by atoms with Crippen LogP contribution in [0.5, 0.6) is 0 Å². The standard InChI is InChI=1S/C12H30OSi3.C6H12N2/c1-9-10-16(8)13-12(2,3)11-14(4,5)15(16,6)7;1-3-8-4-2-6(1)7-5-8/h9-11H2,1-8H3;6-7H,1-5H2. The van der Waals surface area contributed by atoms with Crippen molar-refractivity contribution in [3.63, 3.8) is 0 Å². The van der Waals surface area contributed by atoms with Crippen LogP contribution in [0.25, 0.3) is 0 Å². The third-order valence-electron chi connectivity index (χ3n) is 7.30. The van der Waals surface area contributed by atoms with Crippen molar-refractivity contribution < 1.29 is 4.43 Å². The normalized spacial score (nSPS) is 39.0. The minimum absolute atomic E-state index is 0.161. The summed E-state index contributed by atoms with van der Waals surface area (Å²) in [4.78, 5) is 2.47. The topological polar surface area (TPSA) is 24.5 Å². The van der Waals surface area contributed by atoms with Crippen molar-refractivity contribution in [3.8, 4) is 0 Å². The molecule has 0 radical (unpaired) electrons. The van der Waals surface area contributed by atoms with E-state index < -0.39 is 22.5 Å². The van der Waals surface area contributed by atoms with Crippen LogP contribution in [-0.2, 0) is 4.43 Å². The predicted octanol–water partition coefficient (Wildman–Crippen LogP) is 4.37. The fourth-order valence-electron chi connectivity index (χ4n) is 5.17. The summed E-state index contributed by atoms with van der Waals surface area (Å²) in [5.74, 6) is 0. The van der Waals surface area contributed by atoms with Crippen molar-refractivity contribution in [3.05, 3.63) is 0 Å². The van der Waals surface area contributed by atoms with Crippen molar-refractivity contribution in [2.24, 2.45) is 0 Å². The van der Waals surface area contributed by atoms with E-state index in [1.165, 1.54) is 44.4 Å². The van der Waals surface area contributed by atoms with Crippen LogP contribution in [0.3, 0.4) is 0 Å². The molecule has 0 amide bonds. The molecule has 0 aromatic carbocycles. The first kappa shape index (κ1) is 20.8.